The van der Waals surface area contributed by atoms with Gasteiger partial charge in [0.15, 0.2) is 24.6 Å². The molecular formula is C65H102O12. The molecule has 0 aromatic carbocycles. The first-order valence-corrected chi connectivity index (χ1v) is 29.5. The molecule has 1 aliphatic rings. The summed E-state index contributed by atoms with van der Waals surface area (Å²) >= 11 is 0. The first kappa shape index (κ1) is 70.1. The van der Waals surface area contributed by atoms with Gasteiger partial charge < -0.3 is 39.0 Å². The summed E-state index contributed by atoms with van der Waals surface area (Å²) in [5.41, 5.74) is 0. The van der Waals surface area contributed by atoms with Gasteiger partial charge in [-0.15, -0.1) is 0 Å². The van der Waals surface area contributed by atoms with Gasteiger partial charge >= 0.3 is 23.9 Å². The molecule has 1 heterocycles. The van der Waals surface area contributed by atoms with Crippen molar-refractivity contribution in [2.24, 2.45) is 0 Å². The number of unbranched alkanes of at least 4 members (excludes halogenated alkanes) is 14. The fraction of sp³-hybridized carbons (Fsp3) is 0.631. The van der Waals surface area contributed by atoms with Crippen LogP contribution >= 0.6 is 0 Å². The van der Waals surface area contributed by atoms with Gasteiger partial charge in [0.25, 0.3) is 0 Å². The zero-order valence-electron chi connectivity index (χ0n) is 47.7. The van der Waals surface area contributed by atoms with Crippen LogP contribution in [0.2, 0.25) is 0 Å². The molecule has 12 nitrogen and oxygen atoms in total. The summed E-state index contributed by atoms with van der Waals surface area (Å²) in [6, 6.07) is 0. The van der Waals surface area contributed by atoms with Gasteiger partial charge in [0.1, 0.15) is 18.8 Å². The number of carbonyl (C=O) groups is 4. The highest BCUT2D eigenvalue weighted by molar-refractivity contribution is 5.74. The van der Waals surface area contributed by atoms with Crippen LogP contribution in [0.5, 0.6) is 0 Å². The van der Waals surface area contributed by atoms with Crippen LogP contribution in [0.15, 0.2) is 122 Å². The van der Waals surface area contributed by atoms with E-state index in [0.29, 0.717) is 19.3 Å². The number of aliphatic hydroxyl groups is 2. The fourth-order valence-electron chi connectivity index (χ4n) is 8.09. The van der Waals surface area contributed by atoms with E-state index in [4.69, 9.17) is 23.7 Å². The second-order valence-corrected chi connectivity index (χ2v) is 19.5. The maximum atomic E-state index is 13.1. The van der Waals surface area contributed by atoms with Crippen LogP contribution in [-0.4, -0.2) is 89.2 Å². The number of allylic oxidation sites excluding steroid dienone is 20. The summed E-state index contributed by atoms with van der Waals surface area (Å²) < 4.78 is 28.4. The number of carbonyl (C=O) groups excluding carboxylic acids is 3. The van der Waals surface area contributed by atoms with Gasteiger partial charge in [-0.2, -0.15) is 0 Å². The van der Waals surface area contributed by atoms with Crippen molar-refractivity contribution in [3.63, 3.8) is 0 Å². The zero-order valence-corrected chi connectivity index (χ0v) is 47.7. The maximum Gasteiger partial charge on any atom is 0.335 e. The second kappa shape index (κ2) is 51.9. The standard InChI is InChI=1S/C65H102O12/c1-4-7-10-13-16-19-22-25-27-28-29-30-32-35-38-41-44-47-50-53-59(68)76-63-61(70)60(69)62(64(71)72)77-65(63)74-55-56(75-58(67)52-49-46-43-40-37-33-24-21-18-15-12-9-6-3)54-73-57(66)51-48-45-42-39-36-34-31-26-23-20-17-14-11-8-5-2/h7-12,16-21,25-27,29-31,33,37,56,60-63,65,69-70H,4-6,13-15,22-24,28,32,34-36,38-55H2,1-3H3,(H,71,72)/b10-7-,11-8-,12-9-,19-16-,20-17-,21-18-,27-25-,30-29-,31-26-,37-33-. The van der Waals surface area contributed by atoms with Crippen LogP contribution in [0.3, 0.4) is 0 Å². The smallest absolute Gasteiger partial charge is 0.335 e. The van der Waals surface area contributed by atoms with Crippen molar-refractivity contribution in [1.82, 2.24) is 0 Å². The van der Waals surface area contributed by atoms with E-state index in [1.54, 1.807) is 0 Å². The topological polar surface area (TPSA) is 175 Å². The number of ether oxygens (including phenoxy) is 5. The third-order valence-electron chi connectivity index (χ3n) is 12.5. The summed E-state index contributed by atoms with van der Waals surface area (Å²) in [6.07, 6.45) is 58.8. The predicted octanol–water partition coefficient (Wildman–Crippen LogP) is 15.2. The SMILES string of the molecule is CC/C=C\C/C=C\C/C=C\C/C=C\CCCCCCCCC(=O)OC1C(OCC(COC(=O)CCCCCCC/C=C\C/C=C\C/C=C\CC)OC(=O)CCCCC/C=C\C/C=C\C/C=C\CC)OC(C(=O)O)C(O)C1O. The lowest BCUT2D eigenvalue weighted by Gasteiger charge is -2.40. The highest BCUT2D eigenvalue weighted by Gasteiger charge is 2.50. The Balaban J connectivity index is 2.71. The number of hydrogen-bond donors (Lipinski definition) is 3. The van der Waals surface area contributed by atoms with Crippen molar-refractivity contribution in [1.29, 1.82) is 0 Å². The van der Waals surface area contributed by atoms with Crippen LogP contribution in [0.25, 0.3) is 0 Å². The largest absolute Gasteiger partial charge is 0.479 e. The molecule has 1 rings (SSSR count). The van der Waals surface area contributed by atoms with E-state index in [9.17, 15) is 34.5 Å². The number of carboxylic acid groups (broad SMARTS) is 1. The molecule has 12 heteroatoms. The Labute approximate surface area is 465 Å². The lowest BCUT2D eigenvalue weighted by Crippen LogP contribution is -2.61. The molecule has 0 aromatic rings. The molecule has 77 heavy (non-hydrogen) atoms. The minimum atomic E-state index is -1.92. The van der Waals surface area contributed by atoms with E-state index in [2.05, 4.69) is 142 Å². The van der Waals surface area contributed by atoms with Crippen LogP contribution in [0.1, 0.15) is 213 Å². The minimum Gasteiger partial charge on any atom is -0.479 e. The molecule has 0 radical (unpaired) electrons. The Hall–Kier alpha value is -4.88. The zero-order chi connectivity index (χ0) is 56.1. The van der Waals surface area contributed by atoms with Crippen molar-refractivity contribution in [2.75, 3.05) is 13.2 Å². The summed E-state index contributed by atoms with van der Waals surface area (Å²) in [6.45, 7) is 5.59. The summed E-state index contributed by atoms with van der Waals surface area (Å²) in [7, 11) is 0. The number of rotatable bonds is 48. The van der Waals surface area contributed by atoms with Gasteiger partial charge in [0.05, 0.1) is 6.61 Å². The number of carboxylic acids is 1. The van der Waals surface area contributed by atoms with Crippen LogP contribution in [0.4, 0.5) is 0 Å². The highest BCUT2D eigenvalue weighted by atomic mass is 16.7. The summed E-state index contributed by atoms with van der Waals surface area (Å²) in [5, 5.41) is 31.5. The summed E-state index contributed by atoms with van der Waals surface area (Å²) in [4.78, 5) is 51.1. The highest BCUT2D eigenvalue weighted by Crippen LogP contribution is 2.26. The second-order valence-electron chi connectivity index (χ2n) is 19.5. The monoisotopic (exact) mass is 1070 g/mol. The molecule has 0 aromatic heterocycles. The fourth-order valence-corrected chi connectivity index (χ4v) is 8.09. The predicted molar refractivity (Wildman–Crippen MR) is 312 cm³/mol. The Morgan fingerprint density at radius 3 is 1.19 bits per heavy atom. The van der Waals surface area contributed by atoms with Gasteiger partial charge in [-0.3, -0.25) is 14.4 Å². The number of esters is 3. The minimum absolute atomic E-state index is 0.0323. The maximum absolute atomic E-state index is 13.1. The van der Waals surface area contributed by atoms with Gasteiger partial charge in [-0.1, -0.05) is 194 Å². The van der Waals surface area contributed by atoms with Gasteiger partial charge in [-0.25, -0.2) is 4.79 Å². The average molecular weight is 1080 g/mol. The third kappa shape index (κ3) is 41.8. The molecule has 1 fully saturated rings. The number of aliphatic carboxylic acids is 1. The molecule has 0 bridgehead atoms. The van der Waals surface area contributed by atoms with E-state index in [-0.39, 0.29) is 25.9 Å². The number of hydrogen-bond acceptors (Lipinski definition) is 11. The van der Waals surface area contributed by atoms with E-state index >= 15 is 0 Å². The van der Waals surface area contributed by atoms with Crippen LogP contribution in [-0.2, 0) is 42.9 Å². The number of aliphatic hydroxyl groups excluding tert-OH is 2. The van der Waals surface area contributed by atoms with Crippen molar-refractivity contribution in [2.45, 2.75) is 250 Å². The Morgan fingerprint density at radius 2 is 0.779 bits per heavy atom. The van der Waals surface area contributed by atoms with Crippen molar-refractivity contribution >= 4 is 23.9 Å². The van der Waals surface area contributed by atoms with Gasteiger partial charge in [-0.05, 0) is 122 Å². The van der Waals surface area contributed by atoms with Crippen molar-refractivity contribution in [3.05, 3.63) is 122 Å². The molecular weight excluding hydrogens is 973 g/mol. The Bertz CT molecular complexity index is 1800. The molecule has 0 aliphatic carbocycles. The normalized spacial score (nSPS) is 18.9. The molecule has 6 atom stereocenters. The Kier molecular flexibility index (Phi) is 47.2. The molecule has 6 unspecified atom stereocenters. The molecule has 1 saturated heterocycles. The molecule has 0 amide bonds. The molecule has 3 N–H and O–H groups in total. The Morgan fingerprint density at radius 1 is 0.429 bits per heavy atom. The van der Waals surface area contributed by atoms with E-state index in [0.717, 1.165) is 154 Å². The van der Waals surface area contributed by atoms with Crippen molar-refractivity contribution in [3.8, 4) is 0 Å². The van der Waals surface area contributed by atoms with Crippen molar-refractivity contribution < 1.29 is 58.2 Å². The van der Waals surface area contributed by atoms with Crippen LogP contribution < -0.4 is 0 Å². The first-order chi connectivity index (χ1) is 37.6. The average Bonchev–Trinajstić information content (AvgIpc) is 3.42. The third-order valence-corrected chi connectivity index (χ3v) is 12.5. The molecule has 1 aliphatic heterocycles. The van der Waals surface area contributed by atoms with E-state index < -0.39 is 67.3 Å². The quantitative estimate of drug-likeness (QED) is 0.0228. The van der Waals surface area contributed by atoms with Gasteiger partial charge in [0, 0.05) is 19.3 Å². The first-order valence-electron chi connectivity index (χ1n) is 29.5. The lowest BCUT2D eigenvalue weighted by molar-refractivity contribution is -0.301. The molecule has 0 saturated carbocycles. The van der Waals surface area contributed by atoms with Gasteiger partial charge in [0.2, 0.25) is 0 Å². The van der Waals surface area contributed by atoms with Crippen LogP contribution in [0, 0.1) is 0 Å². The molecule has 0 spiro atoms. The van der Waals surface area contributed by atoms with E-state index in [1.807, 2.05) is 0 Å². The van der Waals surface area contributed by atoms with E-state index in [1.165, 1.54) is 0 Å². The molecule has 434 valence electrons. The lowest BCUT2D eigenvalue weighted by atomic mass is 9.98. The summed E-state index contributed by atoms with van der Waals surface area (Å²) in [5.74, 6) is -3.22.